The summed E-state index contributed by atoms with van der Waals surface area (Å²) in [6, 6.07) is 3.90. The minimum atomic E-state index is -0.119. The van der Waals surface area contributed by atoms with Gasteiger partial charge in [-0.15, -0.1) is 11.8 Å². The lowest BCUT2D eigenvalue weighted by atomic mass is 10.1. The van der Waals surface area contributed by atoms with Crippen LogP contribution in [0.5, 0.6) is 0 Å². The maximum absolute atomic E-state index is 11.4. The first kappa shape index (κ1) is 14.3. The number of aromatic nitrogens is 1. The van der Waals surface area contributed by atoms with E-state index in [1.54, 1.807) is 18.0 Å². The quantitative estimate of drug-likeness (QED) is 0.641. The molecule has 0 radical (unpaired) electrons. The summed E-state index contributed by atoms with van der Waals surface area (Å²) in [5.41, 5.74) is 7.13. The Balaban J connectivity index is 1.98. The zero-order valence-electron chi connectivity index (χ0n) is 11.4. The van der Waals surface area contributed by atoms with Crippen LogP contribution in [0.15, 0.2) is 23.4 Å². The molecule has 4 nitrogen and oxygen atoms in total. The fourth-order valence-electron chi connectivity index (χ4n) is 2.02. The summed E-state index contributed by atoms with van der Waals surface area (Å²) in [5.74, 6) is 0.783. The summed E-state index contributed by atoms with van der Waals surface area (Å²) in [7, 11) is 1.44. The number of nitrogens with two attached hydrogens (primary N) is 1. The van der Waals surface area contributed by atoms with E-state index in [0.29, 0.717) is 6.42 Å². The van der Waals surface area contributed by atoms with E-state index >= 15 is 0 Å². The molecular weight excluding hydrogens is 260 g/mol. The molecule has 0 aliphatic heterocycles. The molecule has 1 aliphatic rings. The summed E-state index contributed by atoms with van der Waals surface area (Å²) < 4.78 is 4.76. The van der Waals surface area contributed by atoms with Gasteiger partial charge in [0.1, 0.15) is 5.03 Å². The molecule has 0 bridgehead atoms. The third kappa shape index (κ3) is 3.70. The Labute approximate surface area is 118 Å². The van der Waals surface area contributed by atoms with Crippen molar-refractivity contribution in [2.45, 2.75) is 37.3 Å². The Morgan fingerprint density at radius 1 is 1.63 bits per heavy atom. The van der Waals surface area contributed by atoms with E-state index in [0.717, 1.165) is 29.2 Å². The van der Waals surface area contributed by atoms with Crippen LogP contribution in [0.4, 0.5) is 0 Å². The summed E-state index contributed by atoms with van der Waals surface area (Å²) in [6.07, 6.45) is 4.48. The number of methoxy groups -OCH3 is 1. The van der Waals surface area contributed by atoms with E-state index in [2.05, 4.69) is 4.98 Å². The Hall–Kier alpha value is -1.07. The van der Waals surface area contributed by atoms with Crippen molar-refractivity contribution >= 4 is 17.7 Å². The second-order valence-electron chi connectivity index (χ2n) is 5.23. The van der Waals surface area contributed by atoms with Gasteiger partial charge in [0.15, 0.2) is 0 Å². The van der Waals surface area contributed by atoms with Crippen molar-refractivity contribution in [1.82, 2.24) is 4.98 Å². The van der Waals surface area contributed by atoms with E-state index in [9.17, 15) is 4.79 Å². The van der Waals surface area contributed by atoms with E-state index in [4.69, 9.17) is 10.5 Å². The number of carbonyl (C=O) groups is 1. The average Bonchev–Trinajstić information content (AvgIpc) is 3.16. The molecule has 5 heteroatoms. The molecule has 0 unspecified atom stereocenters. The van der Waals surface area contributed by atoms with Gasteiger partial charge in [0.25, 0.3) is 0 Å². The molecule has 1 aromatic rings. The van der Waals surface area contributed by atoms with E-state index in [1.807, 2.05) is 19.1 Å². The maximum atomic E-state index is 11.4. The van der Waals surface area contributed by atoms with Gasteiger partial charge in [-0.05, 0) is 31.2 Å². The van der Waals surface area contributed by atoms with Crippen molar-refractivity contribution in [1.29, 1.82) is 0 Å². The van der Waals surface area contributed by atoms with Crippen molar-refractivity contribution in [2.24, 2.45) is 11.1 Å². The van der Waals surface area contributed by atoms with Gasteiger partial charge >= 0.3 is 5.97 Å². The number of ether oxygens (including phenoxy) is 1. The third-order valence-corrected chi connectivity index (χ3v) is 4.88. The van der Waals surface area contributed by atoms with Crippen molar-refractivity contribution in [3.63, 3.8) is 0 Å². The normalized spacial score (nSPS) is 17.8. The second kappa shape index (κ2) is 5.92. The number of rotatable bonds is 6. The van der Waals surface area contributed by atoms with E-state index in [-0.39, 0.29) is 17.4 Å². The van der Waals surface area contributed by atoms with Crippen LogP contribution in [-0.4, -0.2) is 23.8 Å². The summed E-state index contributed by atoms with van der Waals surface area (Å²) in [4.78, 5) is 15.8. The summed E-state index contributed by atoms with van der Waals surface area (Å²) in [6.45, 7) is 1.96. The summed E-state index contributed by atoms with van der Waals surface area (Å²) >= 11 is 1.70. The topological polar surface area (TPSA) is 65.2 Å². The Bertz CT molecular complexity index is 459. The van der Waals surface area contributed by atoms with Gasteiger partial charge in [0.2, 0.25) is 0 Å². The van der Waals surface area contributed by atoms with Crippen LogP contribution < -0.4 is 5.73 Å². The molecule has 0 spiro atoms. The highest BCUT2D eigenvalue weighted by Gasteiger charge is 2.44. The molecule has 0 aromatic carbocycles. The molecule has 1 aromatic heterocycles. The average molecular weight is 280 g/mol. The van der Waals surface area contributed by atoms with Gasteiger partial charge in [0.05, 0.1) is 13.5 Å². The highest BCUT2D eigenvalue weighted by molar-refractivity contribution is 7.99. The van der Waals surface area contributed by atoms with Crippen LogP contribution in [0.2, 0.25) is 0 Å². The third-order valence-electron chi connectivity index (χ3n) is 3.51. The number of hydrogen-bond donors (Lipinski definition) is 1. The smallest absolute Gasteiger partial charge is 0.306 e. The van der Waals surface area contributed by atoms with Crippen LogP contribution >= 0.6 is 11.8 Å². The molecular formula is C14H20N2O2S. The monoisotopic (exact) mass is 280 g/mol. The molecule has 0 amide bonds. The number of thioether (sulfide) groups is 1. The van der Waals surface area contributed by atoms with E-state index < -0.39 is 0 Å². The number of pyridine rings is 1. The van der Waals surface area contributed by atoms with E-state index in [1.165, 1.54) is 7.11 Å². The molecule has 1 saturated carbocycles. The predicted molar refractivity (Wildman–Crippen MR) is 75.9 cm³/mol. The lowest BCUT2D eigenvalue weighted by Gasteiger charge is -2.15. The van der Waals surface area contributed by atoms with Crippen LogP contribution in [-0.2, 0) is 9.53 Å². The standard InChI is InChI=1S/C14H20N2O2S/c1-10(15)11-4-3-7-16-13(11)19-9-14(5-6-14)8-12(17)18-2/h3-4,7,10H,5-6,8-9,15H2,1-2H3/t10-/m0/s1. The molecule has 2 N–H and O–H groups in total. The molecule has 104 valence electrons. The maximum Gasteiger partial charge on any atom is 0.306 e. The first-order chi connectivity index (χ1) is 9.06. The number of carbonyl (C=O) groups excluding carboxylic acids is 1. The first-order valence-corrected chi connectivity index (χ1v) is 7.45. The lowest BCUT2D eigenvalue weighted by molar-refractivity contribution is -0.141. The minimum absolute atomic E-state index is 0.0213. The van der Waals surface area contributed by atoms with Crippen molar-refractivity contribution in [2.75, 3.05) is 12.9 Å². The van der Waals surface area contributed by atoms with Gasteiger partial charge in [0, 0.05) is 23.6 Å². The van der Waals surface area contributed by atoms with Gasteiger partial charge in [-0.3, -0.25) is 4.79 Å². The van der Waals surface area contributed by atoms with Gasteiger partial charge in [-0.25, -0.2) is 4.98 Å². The van der Waals surface area contributed by atoms with Crippen LogP contribution in [0.25, 0.3) is 0 Å². The van der Waals surface area contributed by atoms with Gasteiger partial charge in [-0.2, -0.15) is 0 Å². The second-order valence-corrected chi connectivity index (χ2v) is 6.19. The molecule has 1 fully saturated rings. The molecule has 1 atom stereocenters. The highest BCUT2D eigenvalue weighted by Crippen LogP contribution is 2.52. The largest absolute Gasteiger partial charge is 0.469 e. The lowest BCUT2D eigenvalue weighted by Crippen LogP contribution is -2.14. The number of hydrogen-bond acceptors (Lipinski definition) is 5. The van der Waals surface area contributed by atoms with Crippen molar-refractivity contribution < 1.29 is 9.53 Å². The zero-order chi connectivity index (χ0) is 13.9. The summed E-state index contributed by atoms with van der Waals surface area (Å²) in [5, 5.41) is 0.980. The fraction of sp³-hybridized carbons (Fsp3) is 0.571. The molecule has 1 aliphatic carbocycles. The number of nitrogens with zero attached hydrogens (tertiary/aromatic N) is 1. The Kier molecular flexibility index (Phi) is 4.47. The minimum Gasteiger partial charge on any atom is -0.469 e. The van der Waals surface area contributed by atoms with Crippen LogP contribution in [0.1, 0.15) is 37.8 Å². The van der Waals surface area contributed by atoms with Crippen molar-refractivity contribution in [3.05, 3.63) is 23.9 Å². The highest BCUT2D eigenvalue weighted by atomic mass is 32.2. The molecule has 0 saturated heterocycles. The molecule has 1 heterocycles. The van der Waals surface area contributed by atoms with Crippen LogP contribution in [0.3, 0.4) is 0 Å². The van der Waals surface area contributed by atoms with Crippen LogP contribution in [0, 0.1) is 5.41 Å². The predicted octanol–water partition coefficient (Wildman–Crippen LogP) is 2.54. The molecule has 19 heavy (non-hydrogen) atoms. The number of esters is 1. The fourth-order valence-corrected chi connectivity index (χ4v) is 3.41. The Morgan fingerprint density at radius 3 is 2.95 bits per heavy atom. The van der Waals surface area contributed by atoms with Gasteiger partial charge in [-0.1, -0.05) is 6.07 Å². The first-order valence-electron chi connectivity index (χ1n) is 6.46. The SMILES string of the molecule is COC(=O)CC1(CSc2ncccc2[C@H](C)N)CC1. The Morgan fingerprint density at radius 2 is 2.37 bits per heavy atom. The van der Waals surface area contributed by atoms with Gasteiger partial charge < -0.3 is 10.5 Å². The van der Waals surface area contributed by atoms with Crippen molar-refractivity contribution in [3.8, 4) is 0 Å². The molecule has 2 rings (SSSR count). The zero-order valence-corrected chi connectivity index (χ0v) is 12.2.